The highest BCUT2D eigenvalue weighted by molar-refractivity contribution is 8.07. The molecular weight excluding hydrogens is 543 g/mol. The number of amides is 1. The molecular formula is C32H30ClFN4OS. The van der Waals surface area contributed by atoms with Crippen LogP contribution in [0.25, 0.3) is 28.2 Å². The fraction of sp³-hybridized carbons (Fsp3) is 0.219. The van der Waals surface area contributed by atoms with Gasteiger partial charge in [-0.15, -0.1) is 0 Å². The molecule has 2 aliphatic rings. The van der Waals surface area contributed by atoms with Crippen LogP contribution in [0.5, 0.6) is 0 Å². The van der Waals surface area contributed by atoms with E-state index in [0.29, 0.717) is 16.2 Å². The summed E-state index contributed by atoms with van der Waals surface area (Å²) >= 11 is 7.99. The molecule has 0 spiro atoms. The Kier molecular flexibility index (Phi) is 7.45. The van der Waals surface area contributed by atoms with Gasteiger partial charge in [0.15, 0.2) is 0 Å². The minimum Gasteiger partial charge on any atom is -0.361 e. The number of aromatic nitrogens is 1. The molecule has 0 radical (unpaired) electrons. The highest BCUT2D eigenvalue weighted by atomic mass is 35.5. The smallest absolute Gasteiger partial charge is 0.259 e. The molecule has 8 heteroatoms. The van der Waals surface area contributed by atoms with Gasteiger partial charge in [0.1, 0.15) is 6.67 Å². The Morgan fingerprint density at radius 3 is 2.77 bits per heavy atom. The molecule has 4 aromatic rings. The van der Waals surface area contributed by atoms with Crippen molar-refractivity contribution in [3.05, 3.63) is 105 Å². The first kappa shape index (κ1) is 26.7. The van der Waals surface area contributed by atoms with Crippen molar-refractivity contribution in [2.24, 2.45) is 0 Å². The second-order valence-corrected chi connectivity index (χ2v) is 11.9. The number of para-hydroxylation sites is 1. The quantitative estimate of drug-likeness (QED) is 0.234. The van der Waals surface area contributed by atoms with E-state index in [-0.39, 0.29) is 5.91 Å². The molecule has 5 nitrogen and oxygen atoms in total. The minimum atomic E-state index is -0.496. The van der Waals surface area contributed by atoms with Gasteiger partial charge in [0.25, 0.3) is 5.91 Å². The van der Waals surface area contributed by atoms with Crippen molar-refractivity contribution in [2.75, 3.05) is 39.0 Å². The van der Waals surface area contributed by atoms with Gasteiger partial charge in [0.2, 0.25) is 0 Å². The number of thioether (sulfide) groups is 1. The van der Waals surface area contributed by atoms with Crippen molar-refractivity contribution < 1.29 is 9.18 Å². The first-order valence-electron chi connectivity index (χ1n) is 13.3. The van der Waals surface area contributed by atoms with Crippen molar-refractivity contribution in [1.82, 2.24) is 14.4 Å². The summed E-state index contributed by atoms with van der Waals surface area (Å²) in [5, 5.41) is 5.70. The molecule has 3 heterocycles. The van der Waals surface area contributed by atoms with Crippen molar-refractivity contribution in [3.8, 4) is 5.69 Å². The fourth-order valence-electron chi connectivity index (χ4n) is 5.37. The van der Waals surface area contributed by atoms with E-state index in [4.69, 9.17) is 11.6 Å². The third-order valence-electron chi connectivity index (χ3n) is 7.24. The lowest BCUT2D eigenvalue weighted by molar-refractivity contribution is -0.110. The van der Waals surface area contributed by atoms with E-state index in [0.717, 1.165) is 69.4 Å². The minimum absolute atomic E-state index is 0.0945. The molecule has 6 rings (SSSR count). The van der Waals surface area contributed by atoms with Gasteiger partial charge in [0.05, 0.1) is 16.1 Å². The summed E-state index contributed by atoms with van der Waals surface area (Å²) in [6, 6.07) is 21.4. The van der Waals surface area contributed by atoms with Gasteiger partial charge < -0.3 is 19.7 Å². The summed E-state index contributed by atoms with van der Waals surface area (Å²) in [4.78, 5) is 18.9. The third kappa shape index (κ3) is 5.17. The Morgan fingerprint density at radius 1 is 1.10 bits per heavy atom. The van der Waals surface area contributed by atoms with Gasteiger partial charge in [-0.2, -0.15) is 0 Å². The topological polar surface area (TPSA) is 40.5 Å². The molecule has 3 aromatic carbocycles. The number of nitrogens with one attached hydrogen (secondary N) is 1. The van der Waals surface area contributed by atoms with E-state index in [1.807, 2.05) is 42.5 Å². The van der Waals surface area contributed by atoms with Crippen LogP contribution in [0.15, 0.2) is 82.9 Å². The summed E-state index contributed by atoms with van der Waals surface area (Å²) in [5.74, 6) is -0.0945. The SMILES string of the molecule is CN(C)CCCN1CC(=Cc2cn(-c3cccc(CF)c3)c3ccccc23)SC1=C1C(=O)Nc2ccc(Cl)cc21. The third-order valence-corrected chi connectivity index (χ3v) is 8.64. The molecule has 0 aliphatic carbocycles. The average molecular weight is 573 g/mol. The van der Waals surface area contributed by atoms with Gasteiger partial charge in [0, 0.05) is 57.1 Å². The Morgan fingerprint density at radius 2 is 1.95 bits per heavy atom. The highest BCUT2D eigenvalue weighted by Gasteiger charge is 2.34. The number of rotatable bonds is 7. The predicted molar refractivity (Wildman–Crippen MR) is 165 cm³/mol. The van der Waals surface area contributed by atoms with E-state index in [2.05, 4.69) is 58.2 Å². The van der Waals surface area contributed by atoms with E-state index in [1.165, 1.54) is 0 Å². The molecule has 2 aliphatic heterocycles. The zero-order chi connectivity index (χ0) is 27.8. The van der Waals surface area contributed by atoms with Crippen molar-refractivity contribution >= 4 is 57.5 Å². The van der Waals surface area contributed by atoms with Crippen molar-refractivity contribution in [3.63, 3.8) is 0 Å². The van der Waals surface area contributed by atoms with E-state index < -0.39 is 6.67 Å². The number of nitrogens with zero attached hydrogens (tertiary/aromatic N) is 3. The molecule has 0 atom stereocenters. The second-order valence-electron chi connectivity index (χ2n) is 10.4. The molecule has 1 fully saturated rings. The summed E-state index contributed by atoms with van der Waals surface area (Å²) in [5.41, 5.74) is 6.06. The molecule has 0 saturated carbocycles. The maximum absolute atomic E-state index is 13.4. The summed E-state index contributed by atoms with van der Waals surface area (Å²) in [7, 11) is 4.15. The molecule has 1 amide bonds. The maximum Gasteiger partial charge on any atom is 0.259 e. The summed E-state index contributed by atoms with van der Waals surface area (Å²) < 4.78 is 15.5. The number of carbonyl (C=O) groups is 1. The lowest BCUT2D eigenvalue weighted by Crippen LogP contribution is -2.25. The number of halogens is 2. The maximum atomic E-state index is 13.4. The van der Waals surface area contributed by atoms with Crippen LogP contribution in [0.2, 0.25) is 5.02 Å². The number of hydrogen-bond donors (Lipinski definition) is 1. The van der Waals surface area contributed by atoms with E-state index >= 15 is 0 Å². The van der Waals surface area contributed by atoms with Gasteiger partial charge in [-0.25, -0.2) is 4.39 Å². The van der Waals surface area contributed by atoms with Crippen molar-refractivity contribution in [1.29, 1.82) is 0 Å². The zero-order valence-electron chi connectivity index (χ0n) is 22.5. The Balaban J connectivity index is 1.42. The predicted octanol–water partition coefficient (Wildman–Crippen LogP) is 7.42. The molecule has 204 valence electrons. The molecule has 0 bridgehead atoms. The lowest BCUT2D eigenvalue weighted by Gasteiger charge is -2.21. The van der Waals surface area contributed by atoms with Crippen LogP contribution in [-0.2, 0) is 11.5 Å². The molecule has 40 heavy (non-hydrogen) atoms. The van der Waals surface area contributed by atoms with Gasteiger partial charge in [-0.1, -0.05) is 53.7 Å². The lowest BCUT2D eigenvalue weighted by atomic mass is 10.1. The van der Waals surface area contributed by atoms with Crippen LogP contribution in [0, 0.1) is 0 Å². The van der Waals surface area contributed by atoms with Gasteiger partial charge in [-0.05, 0) is 75.1 Å². The van der Waals surface area contributed by atoms with E-state index in [9.17, 15) is 9.18 Å². The number of carbonyl (C=O) groups excluding carboxylic acids is 1. The first-order valence-corrected chi connectivity index (χ1v) is 14.5. The Hall–Kier alpha value is -3.52. The second kappa shape index (κ2) is 11.2. The number of alkyl halides is 1. The standard InChI is InChI=1S/C32H30ClFN4OS/c1-36(2)13-6-14-37-20-25(40-32(37)30-27-17-23(33)11-12-28(27)35-31(30)39)16-22-19-38(29-10-4-3-9-26(22)29)24-8-5-7-21(15-24)18-34/h3-5,7-12,15-17,19H,6,13-14,18,20H2,1-2H3,(H,35,39). The number of hydrogen-bond acceptors (Lipinski definition) is 4. The van der Waals surface area contributed by atoms with E-state index in [1.54, 1.807) is 23.9 Å². The fourth-order valence-corrected chi connectivity index (χ4v) is 6.79. The molecule has 1 N–H and O–H groups in total. The zero-order valence-corrected chi connectivity index (χ0v) is 24.0. The molecule has 1 saturated heterocycles. The largest absolute Gasteiger partial charge is 0.361 e. The highest BCUT2D eigenvalue weighted by Crippen LogP contribution is 2.46. The Labute approximate surface area is 242 Å². The Bertz CT molecular complexity index is 1670. The average Bonchev–Trinajstić information content (AvgIpc) is 3.61. The van der Waals surface area contributed by atoms with Crippen LogP contribution in [0.3, 0.4) is 0 Å². The number of fused-ring (bicyclic) bond motifs is 2. The van der Waals surface area contributed by atoms with Crippen LogP contribution in [0.4, 0.5) is 10.1 Å². The van der Waals surface area contributed by atoms with Gasteiger partial charge >= 0.3 is 0 Å². The number of benzene rings is 3. The number of anilines is 1. The summed E-state index contributed by atoms with van der Waals surface area (Å²) in [6.45, 7) is 2.02. The first-order chi connectivity index (χ1) is 19.4. The van der Waals surface area contributed by atoms with Crippen LogP contribution in [-0.4, -0.2) is 54.0 Å². The van der Waals surface area contributed by atoms with Gasteiger partial charge in [-0.3, -0.25) is 4.79 Å². The monoisotopic (exact) mass is 572 g/mol. The van der Waals surface area contributed by atoms with Crippen LogP contribution >= 0.6 is 23.4 Å². The van der Waals surface area contributed by atoms with Crippen LogP contribution < -0.4 is 5.32 Å². The molecule has 0 unspecified atom stereocenters. The van der Waals surface area contributed by atoms with Crippen LogP contribution in [0.1, 0.15) is 23.1 Å². The summed E-state index contributed by atoms with van der Waals surface area (Å²) in [6.07, 6.45) is 5.32. The normalized spacial score (nSPS) is 17.9. The van der Waals surface area contributed by atoms with Crippen molar-refractivity contribution in [2.45, 2.75) is 13.1 Å². The molecule has 1 aromatic heterocycles.